The van der Waals surface area contributed by atoms with Gasteiger partial charge in [0, 0.05) is 11.9 Å². The Morgan fingerprint density at radius 1 is 1.50 bits per heavy atom. The van der Waals surface area contributed by atoms with Gasteiger partial charge in [-0.3, -0.25) is 4.79 Å². The minimum atomic E-state index is -0.187. The van der Waals surface area contributed by atoms with E-state index < -0.39 is 0 Å². The van der Waals surface area contributed by atoms with Gasteiger partial charge in [-0.15, -0.1) is 0 Å². The zero-order chi connectivity index (χ0) is 11.7. The van der Waals surface area contributed by atoms with E-state index in [9.17, 15) is 4.79 Å². The van der Waals surface area contributed by atoms with E-state index in [1.165, 1.54) is 0 Å². The lowest BCUT2D eigenvalue weighted by Crippen LogP contribution is -2.10. The van der Waals surface area contributed by atoms with Crippen molar-refractivity contribution in [2.24, 2.45) is 0 Å². The third kappa shape index (κ3) is 1.92. The lowest BCUT2D eigenvalue weighted by atomic mass is 10.2. The van der Waals surface area contributed by atoms with Crippen LogP contribution in [0.1, 0.15) is 12.6 Å². The van der Waals surface area contributed by atoms with E-state index in [2.05, 4.69) is 36.2 Å². The van der Waals surface area contributed by atoms with Crippen molar-refractivity contribution in [2.45, 2.75) is 13.8 Å². The number of aryl methyl sites for hydroxylation is 1. The molecule has 0 spiro atoms. The number of fused-ring (bicyclic) bond motifs is 1. The highest BCUT2D eigenvalue weighted by Crippen LogP contribution is 2.16. The third-order valence-electron chi connectivity index (χ3n) is 2.19. The maximum atomic E-state index is 11.4. The predicted octanol–water partition coefficient (Wildman–Crippen LogP) is 1.82. The number of nitrogens with zero attached hydrogens (tertiary/aromatic N) is 2. The van der Waals surface area contributed by atoms with Gasteiger partial charge in [0.2, 0.25) is 5.95 Å². The largest absolute Gasteiger partial charge is 0.354 e. The van der Waals surface area contributed by atoms with Crippen LogP contribution in [-0.4, -0.2) is 21.5 Å². The second-order valence-electron chi connectivity index (χ2n) is 3.37. The van der Waals surface area contributed by atoms with Crippen LogP contribution >= 0.6 is 15.9 Å². The molecule has 0 atom stereocenters. The Balaban J connectivity index is 2.72. The van der Waals surface area contributed by atoms with Crippen LogP contribution in [0.15, 0.2) is 15.3 Å². The fraction of sp³-hybridized carbons (Fsp3) is 0.300. The summed E-state index contributed by atoms with van der Waals surface area (Å²) in [6, 6.07) is 1.74. The molecule has 0 aliphatic rings. The normalized spacial score (nSPS) is 10.7. The van der Waals surface area contributed by atoms with Crippen LogP contribution in [0.25, 0.3) is 11.0 Å². The van der Waals surface area contributed by atoms with E-state index in [0.717, 1.165) is 17.6 Å². The first-order valence-corrected chi connectivity index (χ1v) is 5.72. The number of nitrogens with one attached hydrogen (secondary N) is 2. The molecule has 0 saturated heterocycles. The molecule has 2 heterocycles. The highest BCUT2D eigenvalue weighted by atomic mass is 79.9. The SMILES string of the molecule is CCNc1nc(C)c2cc(Br)c(=O)[nH]c2n1. The van der Waals surface area contributed by atoms with Crippen LogP contribution in [0.5, 0.6) is 0 Å². The van der Waals surface area contributed by atoms with Gasteiger partial charge in [0.25, 0.3) is 5.56 Å². The summed E-state index contributed by atoms with van der Waals surface area (Å²) >= 11 is 3.18. The molecule has 5 nitrogen and oxygen atoms in total. The molecule has 2 rings (SSSR count). The zero-order valence-corrected chi connectivity index (χ0v) is 10.6. The van der Waals surface area contributed by atoms with Crippen LogP contribution in [-0.2, 0) is 0 Å². The fourth-order valence-electron chi connectivity index (χ4n) is 1.45. The third-order valence-corrected chi connectivity index (χ3v) is 2.78. The molecule has 16 heavy (non-hydrogen) atoms. The highest BCUT2D eigenvalue weighted by molar-refractivity contribution is 9.10. The summed E-state index contributed by atoms with van der Waals surface area (Å²) in [5.41, 5.74) is 1.20. The first-order valence-electron chi connectivity index (χ1n) is 4.93. The molecule has 2 N–H and O–H groups in total. The summed E-state index contributed by atoms with van der Waals surface area (Å²) in [6.45, 7) is 4.59. The van der Waals surface area contributed by atoms with Crippen LogP contribution in [0.2, 0.25) is 0 Å². The molecule has 0 aliphatic heterocycles. The zero-order valence-electron chi connectivity index (χ0n) is 8.97. The van der Waals surface area contributed by atoms with E-state index in [-0.39, 0.29) is 5.56 Å². The van der Waals surface area contributed by atoms with Gasteiger partial charge in [0.05, 0.1) is 10.2 Å². The van der Waals surface area contributed by atoms with Crippen molar-refractivity contribution in [1.29, 1.82) is 0 Å². The van der Waals surface area contributed by atoms with Gasteiger partial charge in [-0.2, -0.15) is 4.98 Å². The van der Waals surface area contributed by atoms with Crippen molar-refractivity contribution in [2.75, 3.05) is 11.9 Å². The summed E-state index contributed by atoms with van der Waals surface area (Å²) in [5, 5.41) is 3.86. The van der Waals surface area contributed by atoms with Gasteiger partial charge in [-0.25, -0.2) is 4.98 Å². The molecule has 2 aromatic heterocycles. The van der Waals surface area contributed by atoms with E-state index >= 15 is 0 Å². The van der Waals surface area contributed by atoms with Crippen molar-refractivity contribution >= 4 is 32.9 Å². The molecular weight excluding hydrogens is 272 g/mol. The van der Waals surface area contributed by atoms with Gasteiger partial charge in [0.1, 0.15) is 5.65 Å². The molecule has 2 aromatic rings. The van der Waals surface area contributed by atoms with Gasteiger partial charge in [-0.1, -0.05) is 0 Å². The molecule has 6 heteroatoms. The fourth-order valence-corrected chi connectivity index (χ4v) is 1.77. The van der Waals surface area contributed by atoms with E-state index in [1.54, 1.807) is 6.07 Å². The van der Waals surface area contributed by atoms with Crippen molar-refractivity contribution < 1.29 is 0 Å². The standard InChI is InChI=1S/C10H11BrN4O/c1-3-12-10-13-5(2)6-4-7(11)9(16)14-8(6)15-10/h4H,3H2,1-2H3,(H2,12,13,14,15,16). The van der Waals surface area contributed by atoms with Gasteiger partial charge < -0.3 is 10.3 Å². The monoisotopic (exact) mass is 282 g/mol. The molecule has 0 aliphatic carbocycles. The Morgan fingerprint density at radius 2 is 2.25 bits per heavy atom. The van der Waals surface area contributed by atoms with E-state index in [4.69, 9.17) is 0 Å². The second-order valence-corrected chi connectivity index (χ2v) is 4.23. The maximum Gasteiger partial charge on any atom is 0.263 e. The van der Waals surface area contributed by atoms with Gasteiger partial charge >= 0.3 is 0 Å². The molecule has 84 valence electrons. The Hall–Kier alpha value is -1.43. The number of H-pyrrole nitrogens is 1. The van der Waals surface area contributed by atoms with Crippen molar-refractivity contribution in [3.05, 3.63) is 26.6 Å². The Morgan fingerprint density at radius 3 is 2.94 bits per heavy atom. The molecule has 0 saturated carbocycles. The van der Waals surface area contributed by atoms with E-state index in [0.29, 0.717) is 16.1 Å². The van der Waals surface area contributed by atoms with Crippen molar-refractivity contribution in [1.82, 2.24) is 15.0 Å². The molecule has 0 bridgehead atoms. The second kappa shape index (κ2) is 4.21. The summed E-state index contributed by atoms with van der Waals surface area (Å²) in [4.78, 5) is 22.7. The van der Waals surface area contributed by atoms with Crippen LogP contribution in [0, 0.1) is 6.92 Å². The quantitative estimate of drug-likeness (QED) is 0.882. The minimum absolute atomic E-state index is 0.187. The van der Waals surface area contributed by atoms with Crippen molar-refractivity contribution in [3.8, 4) is 0 Å². The van der Waals surface area contributed by atoms with Gasteiger partial charge in [0.15, 0.2) is 0 Å². The number of aromatic nitrogens is 3. The topological polar surface area (TPSA) is 70.7 Å². The molecule has 0 unspecified atom stereocenters. The number of aromatic amines is 1. The Bertz CT molecular complexity index is 593. The summed E-state index contributed by atoms with van der Waals surface area (Å²) in [6.07, 6.45) is 0. The number of hydrogen-bond donors (Lipinski definition) is 2. The average Bonchev–Trinajstić information content (AvgIpc) is 2.22. The van der Waals surface area contributed by atoms with Crippen molar-refractivity contribution in [3.63, 3.8) is 0 Å². The molecule has 0 fully saturated rings. The smallest absolute Gasteiger partial charge is 0.263 e. The number of hydrogen-bond acceptors (Lipinski definition) is 4. The Labute approximate surface area is 100 Å². The van der Waals surface area contributed by atoms with Crippen LogP contribution in [0.3, 0.4) is 0 Å². The predicted molar refractivity (Wildman–Crippen MR) is 66.8 cm³/mol. The van der Waals surface area contributed by atoms with Crippen LogP contribution < -0.4 is 10.9 Å². The van der Waals surface area contributed by atoms with Gasteiger partial charge in [-0.05, 0) is 35.8 Å². The lowest BCUT2D eigenvalue weighted by Gasteiger charge is -2.05. The molecule has 0 amide bonds. The maximum absolute atomic E-state index is 11.4. The minimum Gasteiger partial charge on any atom is -0.354 e. The van der Waals surface area contributed by atoms with E-state index in [1.807, 2.05) is 13.8 Å². The Kier molecular flexibility index (Phi) is 2.91. The summed E-state index contributed by atoms with van der Waals surface area (Å²) in [7, 11) is 0. The summed E-state index contributed by atoms with van der Waals surface area (Å²) < 4.78 is 0.489. The number of pyridine rings is 1. The number of rotatable bonds is 2. The average molecular weight is 283 g/mol. The molecule has 0 radical (unpaired) electrons. The molecular formula is C10H11BrN4O. The molecule has 0 aromatic carbocycles. The first kappa shape index (κ1) is 11.1. The number of anilines is 1. The highest BCUT2D eigenvalue weighted by Gasteiger charge is 2.06. The summed E-state index contributed by atoms with van der Waals surface area (Å²) in [5.74, 6) is 0.533. The van der Waals surface area contributed by atoms with Crippen LogP contribution in [0.4, 0.5) is 5.95 Å². The first-order chi connectivity index (χ1) is 7.61. The lowest BCUT2D eigenvalue weighted by molar-refractivity contribution is 1.06. The number of halogens is 1.